The predicted octanol–water partition coefficient (Wildman–Crippen LogP) is 0.687. The molecule has 90 valence electrons. The molecule has 1 aliphatic heterocycles. The first-order chi connectivity index (χ1) is 7.51. The highest BCUT2D eigenvalue weighted by molar-refractivity contribution is 7.91. The lowest BCUT2D eigenvalue weighted by Crippen LogP contribution is -2.21. The normalized spacial score (nSPS) is 17.2. The minimum Gasteiger partial charge on any atom is -0.316 e. The topological polar surface area (TPSA) is 49.4 Å². The van der Waals surface area contributed by atoms with Gasteiger partial charge in [-0.25, -0.2) is 12.7 Å². The zero-order chi connectivity index (χ0) is 11.8. The largest absolute Gasteiger partial charge is 0.316 e. The molecule has 0 aromatic carbocycles. The second-order valence-electron chi connectivity index (χ2n) is 4.05. The fraction of sp³-hybridized carbons (Fsp3) is 0.600. The van der Waals surface area contributed by atoms with Crippen LogP contribution in [0.5, 0.6) is 0 Å². The quantitative estimate of drug-likeness (QED) is 0.851. The lowest BCUT2D eigenvalue weighted by Gasteiger charge is -2.08. The zero-order valence-corrected chi connectivity index (χ0v) is 11.1. The fourth-order valence-corrected chi connectivity index (χ4v) is 4.48. The number of rotatable bonds is 2. The summed E-state index contributed by atoms with van der Waals surface area (Å²) < 4.78 is 25.7. The number of hydrogen-bond donors (Lipinski definition) is 1. The highest BCUT2D eigenvalue weighted by atomic mass is 32.2. The third kappa shape index (κ3) is 2.15. The van der Waals surface area contributed by atoms with Crippen LogP contribution < -0.4 is 5.32 Å². The van der Waals surface area contributed by atoms with Gasteiger partial charge in [-0.1, -0.05) is 0 Å². The first-order valence-corrected chi connectivity index (χ1v) is 7.52. The van der Waals surface area contributed by atoms with Crippen LogP contribution in [0.3, 0.4) is 0 Å². The standard InChI is InChI=1S/C10H16N2O2S2/c1-12(2)16(13,14)10-7-8-3-5-11-6-4-9(8)15-10/h7,11H,3-6H2,1-2H3. The third-order valence-electron chi connectivity index (χ3n) is 2.71. The van der Waals surface area contributed by atoms with E-state index < -0.39 is 10.0 Å². The number of fused-ring (bicyclic) bond motifs is 1. The molecule has 16 heavy (non-hydrogen) atoms. The van der Waals surface area contributed by atoms with E-state index >= 15 is 0 Å². The highest BCUT2D eigenvalue weighted by Gasteiger charge is 2.22. The molecule has 0 unspecified atom stereocenters. The van der Waals surface area contributed by atoms with Gasteiger partial charge >= 0.3 is 0 Å². The van der Waals surface area contributed by atoms with E-state index in [-0.39, 0.29) is 0 Å². The molecule has 1 N–H and O–H groups in total. The van der Waals surface area contributed by atoms with Gasteiger partial charge in [0.15, 0.2) is 0 Å². The molecule has 0 atom stereocenters. The van der Waals surface area contributed by atoms with E-state index in [1.165, 1.54) is 26.1 Å². The number of thiophene rings is 1. The van der Waals surface area contributed by atoms with Crippen LogP contribution in [-0.2, 0) is 22.9 Å². The van der Waals surface area contributed by atoms with E-state index in [1.54, 1.807) is 14.1 Å². The van der Waals surface area contributed by atoms with E-state index in [1.807, 2.05) is 6.07 Å². The number of hydrogen-bond acceptors (Lipinski definition) is 4. The molecule has 0 radical (unpaired) electrons. The van der Waals surface area contributed by atoms with Crippen LogP contribution in [0, 0.1) is 0 Å². The van der Waals surface area contributed by atoms with Crippen molar-refractivity contribution < 1.29 is 8.42 Å². The third-order valence-corrected chi connectivity index (χ3v) is 6.21. The van der Waals surface area contributed by atoms with Crippen molar-refractivity contribution in [1.29, 1.82) is 0 Å². The smallest absolute Gasteiger partial charge is 0.252 e. The van der Waals surface area contributed by atoms with Crippen molar-refractivity contribution in [3.8, 4) is 0 Å². The van der Waals surface area contributed by atoms with Crippen molar-refractivity contribution in [2.45, 2.75) is 17.1 Å². The molecule has 6 heteroatoms. The molecule has 0 bridgehead atoms. The van der Waals surface area contributed by atoms with Gasteiger partial charge < -0.3 is 5.32 Å². The molecule has 4 nitrogen and oxygen atoms in total. The van der Waals surface area contributed by atoms with Crippen LogP contribution in [0.15, 0.2) is 10.3 Å². The molecule has 0 saturated carbocycles. The van der Waals surface area contributed by atoms with Gasteiger partial charge in [-0.05, 0) is 37.6 Å². The summed E-state index contributed by atoms with van der Waals surface area (Å²) in [5, 5.41) is 3.31. The summed E-state index contributed by atoms with van der Waals surface area (Å²) in [5.74, 6) is 0. The zero-order valence-electron chi connectivity index (χ0n) is 9.49. The highest BCUT2D eigenvalue weighted by Crippen LogP contribution is 2.29. The Hall–Kier alpha value is -0.430. The van der Waals surface area contributed by atoms with Gasteiger partial charge in [0.05, 0.1) is 0 Å². The lowest BCUT2D eigenvalue weighted by atomic mass is 10.2. The molecule has 0 amide bonds. The number of sulfonamides is 1. The Balaban J connectivity index is 2.39. The summed E-state index contributed by atoms with van der Waals surface area (Å²) >= 11 is 1.41. The number of nitrogens with one attached hydrogen (secondary N) is 1. The van der Waals surface area contributed by atoms with Crippen LogP contribution in [-0.4, -0.2) is 39.9 Å². The van der Waals surface area contributed by atoms with Crippen molar-refractivity contribution >= 4 is 21.4 Å². The average Bonchev–Trinajstić information content (AvgIpc) is 2.51. The Labute approximate surface area is 100 Å². The Morgan fingerprint density at radius 2 is 2.00 bits per heavy atom. The second kappa shape index (κ2) is 4.44. The minimum absolute atomic E-state index is 0.476. The molecule has 1 aliphatic rings. The maximum Gasteiger partial charge on any atom is 0.252 e. The van der Waals surface area contributed by atoms with E-state index in [4.69, 9.17) is 0 Å². The first kappa shape index (κ1) is 12.0. The van der Waals surface area contributed by atoms with Crippen LogP contribution in [0.1, 0.15) is 10.4 Å². The number of nitrogens with zero attached hydrogens (tertiary/aromatic N) is 1. The Morgan fingerprint density at radius 3 is 2.69 bits per heavy atom. The van der Waals surface area contributed by atoms with Crippen molar-refractivity contribution in [1.82, 2.24) is 9.62 Å². The molecule has 2 rings (SSSR count). The molecule has 0 aliphatic carbocycles. The van der Waals surface area contributed by atoms with E-state index in [0.717, 1.165) is 25.9 Å². The Bertz CT molecular complexity index is 454. The van der Waals surface area contributed by atoms with Crippen LogP contribution >= 0.6 is 11.3 Å². The van der Waals surface area contributed by atoms with Gasteiger partial charge in [-0.15, -0.1) is 11.3 Å². The van der Waals surface area contributed by atoms with Gasteiger partial charge in [0.2, 0.25) is 0 Å². The molecule has 0 spiro atoms. The van der Waals surface area contributed by atoms with Crippen molar-refractivity contribution in [3.63, 3.8) is 0 Å². The van der Waals surface area contributed by atoms with E-state index in [2.05, 4.69) is 5.32 Å². The summed E-state index contributed by atoms with van der Waals surface area (Å²) in [7, 11) is -0.109. The lowest BCUT2D eigenvalue weighted by molar-refractivity contribution is 0.523. The molecular formula is C10H16N2O2S2. The van der Waals surface area contributed by atoms with Crippen LogP contribution in [0.2, 0.25) is 0 Å². The summed E-state index contributed by atoms with van der Waals surface area (Å²) in [4.78, 5) is 1.21. The van der Waals surface area contributed by atoms with E-state index in [0.29, 0.717) is 4.21 Å². The maximum absolute atomic E-state index is 12.0. The van der Waals surface area contributed by atoms with Gasteiger partial charge in [0.1, 0.15) is 4.21 Å². The Morgan fingerprint density at radius 1 is 1.31 bits per heavy atom. The first-order valence-electron chi connectivity index (χ1n) is 5.26. The monoisotopic (exact) mass is 260 g/mol. The SMILES string of the molecule is CN(C)S(=O)(=O)c1cc2c(s1)CCNCC2. The van der Waals surface area contributed by atoms with Gasteiger partial charge in [0.25, 0.3) is 10.0 Å². The molecular weight excluding hydrogens is 244 g/mol. The van der Waals surface area contributed by atoms with Gasteiger partial charge in [-0.2, -0.15) is 0 Å². The van der Waals surface area contributed by atoms with Gasteiger partial charge in [0, 0.05) is 19.0 Å². The second-order valence-corrected chi connectivity index (χ2v) is 7.57. The van der Waals surface area contributed by atoms with Crippen molar-refractivity contribution in [3.05, 3.63) is 16.5 Å². The predicted molar refractivity (Wildman–Crippen MR) is 65.5 cm³/mol. The summed E-state index contributed by atoms with van der Waals surface area (Å²) in [6, 6.07) is 1.84. The van der Waals surface area contributed by atoms with Crippen molar-refractivity contribution in [2.75, 3.05) is 27.2 Å². The van der Waals surface area contributed by atoms with Crippen LogP contribution in [0.25, 0.3) is 0 Å². The summed E-state index contributed by atoms with van der Waals surface area (Å²) in [5.41, 5.74) is 1.19. The maximum atomic E-state index is 12.0. The molecule has 0 fully saturated rings. The van der Waals surface area contributed by atoms with E-state index in [9.17, 15) is 8.42 Å². The summed E-state index contributed by atoms with van der Waals surface area (Å²) in [6.45, 7) is 1.88. The minimum atomic E-state index is -3.25. The fourth-order valence-electron chi connectivity index (χ4n) is 1.72. The molecule has 0 saturated heterocycles. The van der Waals surface area contributed by atoms with Gasteiger partial charge in [-0.3, -0.25) is 0 Å². The Kier molecular flexibility index (Phi) is 3.34. The van der Waals surface area contributed by atoms with Crippen LogP contribution in [0.4, 0.5) is 0 Å². The molecule has 1 aromatic rings. The average molecular weight is 260 g/mol. The van der Waals surface area contributed by atoms with Crippen molar-refractivity contribution in [2.24, 2.45) is 0 Å². The summed E-state index contributed by atoms with van der Waals surface area (Å²) in [6.07, 6.45) is 1.86. The molecule has 1 aromatic heterocycles. The molecule has 2 heterocycles.